The van der Waals surface area contributed by atoms with Gasteiger partial charge in [0.05, 0.1) is 12.7 Å². The molecule has 0 unspecified atom stereocenters. The average molecular weight is 194 g/mol. The molecule has 3 nitrogen and oxygen atoms in total. The molecule has 0 radical (unpaired) electrons. The van der Waals surface area contributed by atoms with E-state index in [9.17, 15) is 4.79 Å². The van der Waals surface area contributed by atoms with Crippen LogP contribution in [0.1, 0.15) is 19.3 Å². The van der Waals surface area contributed by atoms with E-state index in [0.29, 0.717) is 24.4 Å². The third-order valence-corrected chi connectivity index (χ3v) is 4.68. The van der Waals surface area contributed by atoms with Gasteiger partial charge in [-0.15, -0.1) is 0 Å². The highest BCUT2D eigenvalue weighted by Crippen LogP contribution is 2.57. The highest BCUT2D eigenvalue weighted by Gasteiger charge is 2.60. The SMILES string of the molecule is O=C1[C@@H]2OC[C@@H](O2)[C@H]2[C@H]3CC[C@H](C3)[C@@H]12. The van der Waals surface area contributed by atoms with Crippen molar-refractivity contribution >= 4 is 5.78 Å². The maximum absolute atomic E-state index is 12.0. The number of ketones is 1. The van der Waals surface area contributed by atoms with Gasteiger partial charge in [-0.2, -0.15) is 0 Å². The first-order valence-electron chi connectivity index (χ1n) is 5.65. The molecule has 4 aliphatic rings. The minimum Gasteiger partial charge on any atom is -0.343 e. The van der Waals surface area contributed by atoms with Crippen LogP contribution in [0, 0.1) is 23.7 Å². The van der Waals surface area contributed by atoms with Crippen LogP contribution in [0.4, 0.5) is 0 Å². The predicted octanol–water partition coefficient (Wildman–Crippen LogP) is 0.973. The van der Waals surface area contributed by atoms with Crippen molar-refractivity contribution in [2.75, 3.05) is 6.61 Å². The van der Waals surface area contributed by atoms with E-state index in [2.05, 4.69) is 0 Å². The summed E-state index contributed by atoms with van der Waals surface area (Å²) < 4.78 is 11.0. The summed E-state index contributed by atoms with van der Waals surface area (Å²) in [5.41, 5.74) is 0. The smallest absolute Gasteiger partial charge is 0.218 e. The largest absolute Gasteiger partial charge is 0.343 e. The number of fused-ring (bicyclic) bond motifs is 8. The molecule has 0 N–H and O–H groups in total. The summed E-state index contributed by atoms with van der Waals surface area (Å²) in [6.45, 7) is 0.654. The number of ether oxygens (including phenoxy) is 2. The quantitative estimate of drug-likeness (QED) is 0.576. The number of carbonyl (C=O) groups excluding carboxylic acids is 1. The van der Waals surface area contributed by atoms with Gasteiger partial charge < -0.3 is 9.47 Å². The normalized spacial score (nSPS) is 59.3. The van der Waals surface area contributed by atoms with Gasteiger partial charge in [0.25, 0.3) is 0 Å². The summed E-state index contributed by atoms with van der Waals surface area (Å²) in [7, 11) is 0. The van der Waals surface area contributed by atoms with Crippen molar-refractivity contribution in [2.24, 2.45) is 23.7 Å². The Balaban J connectivity index is 1.78. The van der Waals surface area contributed by atoms with Crippen LogP contribution in [0.2, 0.25) is 0 Å². The van der Waals surface area contributed by atoms with Crippen molar-refractivity contribution < 1.29 is 14.3 Å². The Morgan fingerprint density at radius 3 is 3.00 bits per heavy atom. The second-order valence-corrected chi connectivity index (χ2v) is 5.18. The Kier molecular flexibility index (Phi) is 1.34. The molecule has 2 aliphatic heterocycles. The fourth-order valence-electron chi connectivity index (χ4n) is 4.22. The third-order valence-electron chi connectivity index (χ3n) is 4.68. The molecule has 3 heteroatoms. The highest BCUT2D eigenvalue weighted by molar-refractivity contribution is 5.86. The van der Waals surface area contributed by atoms with Crippen LogP contribution in [0.25, 0.3) is 0 Å². The monoisotopic (exact) mass is 194 g/mol. The van der Waals surface area contributed by atoms with Crippen LogP contribution in [0.3, 0.4) is 0 Å². The number of carbonyl (C=O) groups is 1. The van der Waals surface area contributed by atoms with Gasteiger partial charge in [-0.05, 0) is 31.1 Å². The zero-order valence-corrected chi connectivity index (χ0v) is 8.02. The Bertz CT molecular complexity index is 301. The predicted molar refractivity (Wildman–Crippen MR) is 47.4 cm³/mol. The van der Waals surface area contributed by atoms with E-state index < -0.39 is 6.29 Å². The summed E-state index contributed by atoms with van der Waals surface area (Å²) in [4.78, 5) is 12.0. The lowest BCUT2D eigenvalue weighted by Crippen LogP contribution is -2.46. The summed E-state index contributed by atoms with van der Waals surface area (Å²) in [6.07, 6.45) is 3.58. The minimum atomic E-state index is -0.499. The van der Waals surface area contributed by atoms with Crippen molar-refractivity contribution in [3.63, 3.8) is 0 Å². The number of Topliss-reactive ketones (excluding diaryl/α,β-unsaturated/α-hetero) is 1. The molecule has 76 valence electrons. The number of hydrogen-bond donors (Lipinski definition) is 0. The molecular formula is C11H14O3. The van der Waals surface area contributed by atoms with Crippen molar-refractivity contribution in [3.8, 4) is 0 Å². The van der Waals surface area contributed by atoms with Crippen LogP contribution < -0.4 is 0 Å². The first-order valence-corrected chi connectivity index (χ1v) is 5.65. The summed E-state index contributed by atoms with van der Waals surface area (Å²) in [6, 6.07) is 0. The zero-order chi connectivity index (χ0) is 9.28. The van der Waals surface area contributed by atoms with E-state index in [1.54, 1.807) is 0 Å². The minimum absolute atomic E-state index is 0.234. The van der Waals surface area contributed by atoms with Gasteiger partial charge in [-0.3, -0.25) is 4.79 Å². The molecule has 4 fully saturated rings. The molecule has 2 heterocycles. The lowest BCUT2D eigenvalue weighted by Gasteiger charge is -2.36. The Morgan fingerprint density at radius 2 is 2.07 bits per heavy atom. The molecular weight excluding hydrogens is 180 g/mol. The maximum atomic E-state index is 12.0. The summed E-state index contributed by atoms with van der Waals surface area (Å²) in [5, 5.41) is 0. The van der Waals surface area contributed by atoms with E-state index >= 15 is 0 Å². The summed E-state index contributed by atoms with van der Waals surface area (Å²) in [5.74, 6) is 2.45. The van der Waals surface area contributed by atoms with Crippen molar-refractivity contribution in [3.05, 3.63) is 0 Å². The van der Waals surface area contributed by atoms with Crippen LogP contribution in [0.5, 0.6) is 0 Å². The maximum Gasteiger partial charge on any atom is 0.218 e. The molecule has 4 bridgehead atoms. The van der Waals surface area contributed by atoms with E-state index in [-0.39, 0.29) is 11.9 Å². The van der Waals surface area contributed by atoms with Gasteiger partial charge in [0, 0.05) is 11.8 Å². The fraction of sp³-hybridized carbons (Fsp3) is 0.909. The molecule has 14 heavy (non-hydrogen) atoms. The Labute approximate surface area is 82.8 Å². The van der Waals surface area contributed by atoms with Gasteiger partial charge in [0.15, 0.2) is 5.78 Å². The molecule has 0 aromatic carbocycles. The lowest BCUT2D eigenvalue weighted by atomic mass is 9.73. The molecule has 0 spiro atoms. The van der Waals surface area contributed by atoms with E-state index in [1.165, 1.54) is 19.3 Å². The van der Waals surface area contributed by atoms with E-state index in [1.807, 2.05) is 0 Å². The van der Waals surface area contributed by atoms with Gasteiger partial charge in [0.2, 0.25) is 6.29 Å². The first kappa shape index (κ1) is 7.83. The van der Waals surface area contributed by atoms with E-state index in [4.69, 9.17) is 9.47 Å². The van der Waals surface area contributed by atoms with Gasteiger partial charge in [-0.25, -0.2) is 0 Å². The zero-order valence-electron chi connectivity index (χ0n) is 8.02. The molecule has 6 atom stereocenters. The van der Waals surface area contributed by atoms with Gasteiger partial charge >= 0.3 is 0 Å². The molecule has 4 rings (SSSR count). The Morgan fingerprint density at radius 1 is 1.21 bits per heavy atom. The molecule has 0 amide bonds. The molecule has 2 saturated heterocycles. The average Bonchev–Trinajstić information content (AvgIpc) is 2.89. The standard InChI is InChI=1S/C11H14O3/c12-10-9-6-2-1-5(3-6)8(9)7-4-13-11(10)14-7/h5-9,11H,1-4H2/t5-,6+,7+,8+,9+,11+/m0/s1. The molecule has 2 saturated carbocycles. The van der Waals surface area contributed by atoms with Crippen molar-refractivity contribution in [1.82, 2.24) is 0 Å². The van der Waals surface area contributed by atoms with E-state index in [0.717, 1.165) is 5.92 Å². The second kappa shape index (κ2) is 2.39. The Hall–Kier alpha value is -0.410. The summed E-state index contributed by atoms with van der Waals surface area (Å²) >= 11 is 0. The second-order valence-electron chi connectivity index (χ2n) is 5.18. The lowest BCUT2D eigenvalue weighted by molar-refractivity contribution is -0.169. The first-order chi connectivity index (χ1) is 6.84. The topological polar surface area (TPSA) is 35.5 Å². The van der Waals surface area contributed by atoms with Crippen LogP contribution in [-0.2, 0) is 14.3 Å². The highest BCUT2D eigenvalue weighted by atomic mass is 16.7. The van der Waals surface area contributed by atoms with Crippen molar-refractivity contribution in [2.45, 2.75) is 31.7 Å². The van der Waals surface area contributed by atoms with Crippen molar-refractivity contribution in [1.29, 1.82) is 0 Å². The molecule has 0 aromatic rings. The fourth-order valence-corrected chi connectivity index (χ4v) is 4.22. The molecule has 0 aromatic heterocycles. The number of hydrogen-bond acceptors (Lipinski definition) is 3. The third kappa shape index (κ3) is 0.751. The van der Waals surface area contributed by atoms with Crippen LogP contribution >= 0.6 is 0 Å². The van der Waals surface area contributed by atoms with Gasteiger partial charge in [-0.1, -0.05) is 0 Å². The number of rotatable bonds is 0. The molecule has 2 aliphatic carbocycles. The van der Waals surface area contributed by atoms with Crippen LogP contribution in [-0.4, -0.2) is 24.8 Å². The van der Waals surface area contributed by atoms with Crippen LogP contribution in [0.15, 0.2) is 0 Å². The van der Waals surface area contributed by atoms with Gasteiger partial charge in [0.1, 0.15) is 0 Å².